The molecule has 174 valence electrons. The number of H-pyrrole nitrogens is 1. The van der Waals surface area contributed by atoms with Crippen LogP contribution >= 0.6 is 0 Å². The minimum atomic E-state index is -0.00643. The zero-order valence-corrected chi connectivity index (χ0v) is 18.8. The van der Waals surface area contributed by atoms with Gasteiger partial charge in [0.1, 0.15) is 5.69 Å². The molecule has 0 saturated carbocycles. The number of aryl methyl sites for hydroxylation is 1. The van der Waals surface area contributed by atoms with E-state index >= 15 is 0 Å². The number of methoxy groups -OCH3 is 1. The van der Waals surface area contributed by atoms with Crippen LogP contribution in [0.4, 0.5) is 5.69 Å². The van der Waals surface area contributed by atoms with Crippen molar-refractivity contribution < 1.29 is 14.3 Å². The summed E-state index contributed by atoms with van der Waals surface area (Å²) in [6.45, 7) is 3.09. The Morgan fingerprint density at radius 3 is 2.73 bits per heavy atom. The lowest BCUT2D eigenvalue weighted by Crippen LogP contribution is -2.40. The number of hydrogen-bond donors (Lipinski definition) is 3. The number of aromatic amines is 1. The molecule has 0 bridgehead atoms. The number of ether oxygens (including phenoxy) is 2. The van der Waals surface area contributed by atoms with Gasteiger partial charge in [0.2, 0.25) is 0 Å². The standard InChI is InChI=1S/C24H30N6O3/c1-32-12-2-3-17-4-9-20-22(15-17)27-28-23(20)21(25)16-30(26)19-7-5-18(6-8-19)24(31)29-10-13-33-14-11-29/h4-9,15-16H,2-3,10-14,25-26H2,1H3,(H,27,28)/b21-16-. The second-order valence-electron chi connectivity index (χ2n) is 7.99. The van der Waals surface area contributed by atoms with Crippen molar-refractivity contribution >= 4 is 28.2 Å². The fraction of sp³-hybridized carbons (Fsp3) is 0.333. The van der Waals surface area contributed by atoms with Gasteiger partial charge in [0.25, 0.3) is 5.91 Å². The van der Waals surface area contributed by atoms with Gasteiger partial charge in [0.15, 0.2) is 0 Å². The molecule has 5 N–H and O–H groups in total. The number of carbonyl (C=O) groups is 1. The number of aromatic nitrogens is 2. The predicted molar refractivity (Wildman–Crippen MR) is 128 cm³/mol. The highest BCUT2D eigenvalue weighted by Crippen LogP contribution is 2.23. The van der Waals surface area contributed by atoms with Crippen LogP contribution in [0.5, 0.6) is 0 Å². The van der Waals surface area contributed by atoms with E-state index in [0.29, 0.717) is 48.9 Å². The number of hydrazine groups is 1. The summed E-state index contributed by atoms with van der Waals surface area (Å²) < 4.78 is 10.4. The third-order valence-corrected chi connectivity index (χ3v) is 5.70. The minimum absolute atomic E-state index is 0.00643. The summed E-state index contributed by atoms with van der Waals surface area (Å²) in [6.07, 6.45) is 3.52. The van der Waals surface area contributed by atoms with Gasteiger partial charge in [-0.05, 0) is 48.7 Å². The van der Waals surface area contributed by atoms with Gasteiger partial charge in [-0.3, -0.25) is 14.9 Å². The summed E-state index contributed by atoms with van der Waals surface area (Å²) in [5, 5.41) is 9.79. The van der Waals surface area contributed by atoms with Crippen molar-refractivity contribution in [3.05, 3.63) is 65.5 Å². The fourth-order valence-electron chi connectivity index (χ4n) is 3.87. The molecule has 0 atom stereocenters. The molecule has 1 aliphatic rings. The molecule has 0 radical (unpaired) electrons. The molecule has 4 rings (SSSR count). The largest absolute Gasteiger partial charge is 0.396 e. The van der Waals surface area contributed by atoms with E-state index in [1.807, 2.05) is 6.07 Å². The normalized spacial score (nSPS) is 14.6. The molecule has 33 heavy (non-hydrogen) atoms. The Bertz CT molecular complexity index is 1120. The highest BCUT2D eigenvalue weighted by atomic mass is 16.5. The van der Waals surface area contributed by atoms with Crippen LogP contribution in [0.25, 0.3) is 16.6 Å². The zero-order valence-electron chi connectivity index (χ0n) is 18.8. The molecule has 1 fully saturated rings. The molecule has 2 aromatic carbocycles. The van der Waals surface area contributed by atoms with Crippen molar-refractivity contribution in [1.82, 2.24) is 15.1 Å². The van der Waals surface area contributed by atoms with Crippen molar-refractivity contribution in [1.29, 1.82) is 0 Å². The van der Waals surface area contributed by atoms with Crippen LogP contribution in [0.15, 0.2) is 48.7 Å². The quantitative estimate of drug-likeness (QED) is 0.273. The summed E-state index contributed by atoms with van der Waals surface area (Å²) >= 11 is 0. The maximum atomic E-state index is 12.6. The number of nitrogens with zero attached hydrogens (tertiary/aromatic N) is 3. The van der Waals surface area contributed by atoms with E-state index in [4.69, 9.17) is 21.1 Å². The van der Waals surface area contributed by atoms with Gasteiger partial charge < -0.3 is 20.1 Å². The van der Waals surface area contributed by atoms with Crippen LogP contribution in [0.2, 0.25) is 0 Å². The summed E-state index contributed by atoms with van der Waals surface area (Å²) in [6, 6.07) is 13.3. The zero-order chi connectivity index (χ0) is 23.2. The Morgan fingerprint density at radius 2 is 2.00 bits per heavy atom. The Hall–Kier alpha value is -3.40. The van der Waals surface area contributed by atoms with Gasteiger partial charge in [-0.25, -0.2) is 5.84 Å². The predicted octanol–water partition coefficient (Wildman–Crippen LogP) is 2.25. The van der Waals surface area contributed by atoms with Gasteiger partial charge >= 0.3 is 0 Å². The lowest BCUT2D eigenvalue weighted by molar-refractivity contribution is 0.0303. The highest BCUT2D eigenvalue weighted by molar-refractivity contribution is 5.95. The number of carbonyl (C=O) groups excluding carboxylic acids is 1. The molecule has 1 aromatic heterocycles. The van der Waals surface area contributed by atoms with Crippen LogP contribution in [-0.2, 0) is 15.9 Å². The average Bonchev–Trinajstić information content (AvgIpc) is 3.28. The molecule has 2 heterocycles. The van der Waals surface area contributed by atoms with E-state index in [9.17, 15) is 4.79 Å². The van der Waals surface area contributed by atoms with E-state index in [1.165, 1.54) is 10.6 Å². The lowest BCUT2D eigenvalue weighted by atomic mass is 10.1. The van der Waals surface area contributed by atoms with Crippen molar-refractivity contribution in [2.24, 2.45) is 11.6 Å². The van der Waals surface area contributed by atoms with Crippen molar-refractivity contribution in [3.63, 3.8) is 0 Å². The smallest absolute Gasteiger partial charge is 0.254 e. The van der Waals surface area contributed by atoms with Gasteiger partial charge in [-0.1, -0.05) is 12.1 Å². The number of fused-ring (bicyclic) bond motifs is 1. The molecule has 0 spiro atoms. The van der Waals surface area contributed by atoms with Gasteiger partial charge in [0, 0.05) is 44.0 Å². The summed E-state index contributed by atoms with van der Waals surface area (Å²) in [7, 11) is 1.71. The topological polar surface area (TPSA) is 123 Å². The number of morpholine rings is 1. The van der Waals surface area contributed by atoms with Crippen LogP contribution < -0.4 is 16.6 Å². The minimum Gasteiger partial charge on any atom is -0.396 e. The van der Waals surface area contributed by atoms with Gasteiger partial charge in [-0.15, -0.1) is 0 Å². The molecule has 9 nitrogen and oxygen atoms in total. The second kappa shape index (κ2) is 10.5. The Kier molecular flexibility index (Phi) is 7.23. The average molecular weight is 451 g/mol. The SMILES string of the molecule is COCCCc1ccc2c(/C(N)=C/N(N)c3ccc(C(=O)N4CCOCC4)cc3)n[nH]c2c1. The van der Waals surface area contributed by atoms with Crippen LogP contribution in [0, 0.1) is 0 Å². The number of nitrogens with one attached hydrogen (secondary N) is 1. The molecule has 1 saturated heterocycles. The summed E-state index contributed by atoms with van der Waals surface area (Å²) in [4.78, 5) is 14.4. The van der Waals surface area contributed by atoms with E-state index in [2.05, 4.69) is 22.3 Å². The third kappa shape index (κ3) is 5.33. The Morgan fingerprint density at radius 1 is 1.24 bits per heavy atom. The molecule has 0 aliphatic carbocycles. The number of rotatable bonds is 8. The van der Waals surface area contributed by atoms with E-state index in [-0.39, 0.29) is 5.91 Å². The van der Waals surface area contributed by atoms with Crippen molar-refractivity contribution in [3.8, 4) is 0 Å². The summed E-state index contributed by atoms with van der Waals surface area (Å²) in [5.74, 6) is 6.22. The van der Waals surface area contributed by atoms with Gasteiger partial charge in [-0.2, -0.15) is 5.10 Å². The maximum absolute atomic E-state index is 12.6. The maximum Gasteiger partial charge on any atom is 0.254 e. The number of anilines is 1. The van der Waals surface area contributed by atoms with E-state index in [1.54, 1.807) is 42.5 Å². The Labute approximate surface area is 192 Å². The molecule has 9 heteroatoms. The molecule has 1 amide bonds. The van der Waals surface area contributed by atoms with E-state index < -0.39 is 0 Å². The molecular weight excluding hydrogens is 420 g/mol. The van der Waals surface area contributed by atoms with Crippen LogP contribution in [-0.4, -0.2) is 61.0 Å². The Balaban J connectivity index is 1.46. The molecular formula is C24H30N6O3. The highest BCUT2D eigenvalue weighted by Gasteiger charge is 2.18. The van der Waals surface area contributed by atoms with Gasteiger partial charge in [0.05, 0.1) is 30.1 Å². The lowest BCUT2D eigenvalue weighted by Gasteiger charge is -2.27. The number of benzene rings is 2. The monoisotopic (exact) mass is 450 g/mol. The number of amides is 1. The fourth-order valence-corrected chi connectivity index (χ4v) is 3.87. The summed E-state index contributed by atoms with van der Waals surface area (Å²) in [5.41, 5.74) is 10.9. The first-order chi connectivity index (χ1) is 16.1. The second-order valence-corrected chi connectivity index (χ2v) is 7.99. The molecule has 0 unspecified atom stereocenters. The first-order valence-corrected chi connectivity index (χ1v) is 11.0. The first kappa shape index (κ1) is 22.8. The van der Waals surface area contributed by atoms with Crippen LogP contribution in [0.1, 0.15) is 28.0 Å². The number of hydrogen-bond acceptors (Lipinski definition) is 7. The third-order valence-electron chi connectivity index (χ3n) is 5.70. The molecule has 1 aliphatic heterocycles. The molecule has 3 aromatic rings. The number of nitrogens with two attached hydrogens (primary N) is 2. The first-order valence-electron chi connectivity index (χ1n) is 11.0. The van der Waals surface area contributed by atoms with Crippen molar-refractivity contribution in [2.75, 3.05) is 45.0 Å². The van der Waals surface area contributed by atoms with E-state index in [0.717, 1.165) is 30.4 Å². The van der Waals surface area contributed by atoms with Crippen molar-refractivity contribution in [2.45, 2.75) is 12.8 Å². The van der Waals surface area contributed by atoms with Crippen LogP contribution in [0.3, 0.4) is 0 Å².